The number of hydrogen-bond acceptors (Lipinski definition) is 3. The second-order valence-corrected chi connectivity index (χ2v) is 8.19. The Morgan fingerprint density at radius 1 is 1.07 bits per heavy atom. The van der Waals surface area contributed by atoms with Crippen LogP contribution < -0.4 is 10.1 Å². The van der Waals surface area contributed by atoms with Gasteiger partial charge in [0, 0.05) is 37.4 Å². The number of piperidine rings is 1. The Morgan fingerprint density at radius 2 is 1.77 bits per heavy atom. The SMILES string of the molecule is C[C@@H](NC(=O)c1cccc(OC2CCN(C(=O)C3CC3)CC2)c1)c1ccc(F)cc1. The van der Waals surface area contributed by atoms with Crippen LogP contribution in [0, 0.1) is 11.7 Å². The normalized spacial score (nSPS) is 18.0. The Morgan fingerprint density at radius 3 is 2.43 bits per heavy atom. The summed E-state index contributed by atoms with van der Waals surface area (Å²) >= 11 is 0. The molecule has 1 aliphatic carbocycles. The number of likely N-dealkylation sites (tertiary alicyclic amines) is 1. The Balaban J connectivity index is 1.31. The van der Waals surface area contributed by atoms with Crippen LogP contribution in [0.4, 0.5) is 4.39 Å². The molecule has 1 aliphatic heterocycles. The molecule has 4 rings (SSSR count). The van der Waals surface area contributed by atoms with Gasteiger partial charge in [-0.3, -0.25) is 9.59 Å². The number of nitrogens with one attached hydrogen (secondary N) is 1. The molecule has 0 radical (unpaired) electrons. The molecule has 0 spiro atoms. The zero-order chi connectivity index (χ0) is 21.1. The van der Waals surface area contributed by atoms with E-state index in [4.69, 9.17) is 4.74 Å². The van der Waals surface area contributed by atoms with E-state index in [9.17, 15) is 14.0 Å². The minimum absolute atomic E-state index is 0.0460. The molecule has 0 aromatic heterocycles. The van der Waals surface area contributed by atoms with Crippen LogP contribution in [0.1, 0.15) is 54.6 Å². The summed E-state index contributed by atoms with van der Waals surface area (Å²) < 4.78 is 19.2. The molecule has 1 heterocycles. The maximum Gasteiger partial charge on any atom is 0.251 e. The Hall–Kier alpha value is -2.89. The van der Waals surface area contributed by atoms with Crippen molar-refractivity contribution in [2.75, 3.05) is 13.1 Å². The highest BCUT2D eigenvalue weighted by atomic mass is 19.1. The lowest BCUT2D eigenvalue weighted by molar-refractivity contribution is -0.134. The molecule has 0 bridgehead atoms. The number of halogens is 1. The first-order chi connectivity index (χ1) is 14.5. The van der Waals surface area contributed by atoms with Gasteiger partial charge in [0.2, 0.25) is 5.91 Å². The van der Waals surface area contributed by atoms with Crippen LogP contribution in [0.15, 0.2) is 48.5 Å². The van der Waals surface area contributed by atoms with Gasteiger partial charge in [0.15, 0.2) is 0 Å². The third-order valence-electron chi connectivity index (χ3n) is 5.80. The molecule has 1 saturated carbocycles. The van der Waals surface area contributed by atoms with Gasteiger partial charge in [-0.1, -0.05) is 18.2 Å². The molecule has 2 fully saturated rings. The van der Waals surface area contributed by atoms with Gasteiger partial charge < -0.3 is 15.0 Å². The summed E-state index contributed by atoms with van der Waals surface area (Å²) in [7, 11) is 0. The summed E-state index contributed by atoms with van der Waals surface area (Å²) in [6.45, 7) is 3.33. The van der Waals surface area contributed by atoms with E-state index in [1.807, 2.05) is 17.9 Å². The molecule has 1 N–H and O–H groups in total. The molecule has 158 valence electrons. The van der Waals surface area contributed by atoms with Crippen LogP contribution in [-0.2, 0) is 4.79 Å². The third-order valence-corrected chi connectivity index (χ3v) is 5.80. The van der Waals surface area contributed by atoms with Crippen LogP contribution in [-0.4, -0.2) is 35.9 Å². The van der Waals surface area contributed by atoms with Crippen molar-refractivity contribution in [2.45, 2.75) is 44.8 Å². The number of rotatable bonds is 6. The van der Waals surface area contributed by atoms with Gasteiger partial charge in [0.05, 0.1) is 6.04 Å². The molecular formula is C24H27FN2O3. The monoisotopic (exact) mass is 410 g/mol. The molecule has 1 atom stereocenters. The highest BCUT2D eigenvalue weighted by molar-refractivity contribution is 5.94. The first kappa shape index (κ1) is 20.4. The largest absolute Gasteiger partial charge is 0.490 e. The molecule has 30 heavy (non-hydrogen) atoms. The number of carbonyl (C=O) groups excluding carboxylic acids is 2. The van der Waals surface area contributed by atoms with E-state index in [0.29, 0.717) is 17.2 Å². The summed E-state index contributed by atoms with van der Waals surface area (Å²) in [5.41, 5.74) is 1.35. The van der Waals surface area contributed by atoms with Gasteiger partial charge in [-0.15, -0.1) is 0 Å². The van der Waals surface area contributed by atoms with Gasteiger partial charge in [-0.05, 0) is 55.7 Å². The number of ether oxygens (including phenoxy) is 1. The number of amides is 2. The Kier molecular flexibility index (Phi) is 6.02. The standard InChI is InChI=1S/C24H27FN2O3/c1-16(17-7-9-20(25)10-8-17)26-23(28)19-3-2-4-22(15-19)30-21-11-13-27(14-12-21)24(29)18-5-6-18/h2-4,7-10,15-16,18,21H,5-6,11-14H2,1H3,(H,26,28)/t16-/m1/s1. The van der Waals surface area contributed by atoms with E-state index < -0.39 is 0 Å². The van der Waals surface area contributed by atoms with E-state index in [-0.39, 0.29) is 29.8 Å². The maximum absolute atomic E-state index is 13.1. The van der Waals surface area contributed by atoms with Crippen molar-refractivity contribution >= 4 is 11.8 Å². The lowest BCUT2D eigenvalue weighted by Crippen LogP contribution is -2.42. The molecular weight excluding hydrogens is 383 g/mol. The van der Waals surface area contributed by atoms with E-state index in [1.54, 1.807) is 30.3 Å². The average molecular weight is 410 g/mol. The lowest BCUT2D eigenvalue weighted by atomic mass is 10.1. The molecule has 2 amide bonds. The fourth-order valence-corrected chi connectivity index (χ4v) is 3.80. The molecule has 2 aromatic carbocycles. The predicted octanol–water partition coefficient (Wildman–Crippen LogP) is 4.10. The summed E-state index contributed by atoms with van der Waals surface area (Å²) in [6, 6.07) is 13.0. The second-order valence-electron chi connectivity index (χ2n) is 8.19. The first-order valence-electron chi connectivity index (χ1n) is 10.6. The van der Waals surface area contributed by atoms with Crippen LogP contribution in [0.25, 0.3) is 0 Å². The van der Waals surface area contributed by atoms with Gasteiger partial charge in [0.1, 0.15) is 17.7 Å². The zero-order valence-corrected chi connectivity index (χ0v) is 17.1. The van der Waals surface area contributed by atoms with Crippen molar-refractivity contribution in [3.63, 3.8) is 0 Å². The van der Waals surface area contributed by atoms with Crippen LogP contribution in [0.2, 0.25) is 0 Å². The van der Waals surface area contributed by atoms with Gasteiger partial charge >= 0.3 is 0 Å². The average Bonchev–Trinajstić information content (AvgIpc) is 3.60. The van der Waals surface area contributed by atoms with Crippen molar-refractivity contribution in [1.29, 1.82) is 0 Å². The van der Waals surface area contributed by atoms with E-state index in [2.05, 4.69) is 5.32 Å². The van der Waals surface area contributed by atoms with E-state index in [1.165, 1.54) is 12.1 Å². The molecule has 1 saturated heterocycles. The smallest absolute Gasteiger partial charge is 0.251 e. The Bertz CT molecular complexity index is 903. The van der Waals surface area contributed by atoms with Gasteiger partial charge in [0.25, 0.3) is 5.91 Å². The van der Waals surface area contributed by atoms with Crippen molar-refractivity contribution in [3.8, 4) is 5.75 Å². The number of benzene rings is 2. The second kappa shape index (κ2) is 8.86. The molecule has 6 heteroatoms. The van der Waals surface area contributed by atoms with Crippen molar-refractivity contribution in [2.24, 2.45) is 5.92 Å². The van der Waals surface area contributed by atoms with Crippen molar-refractivity contribution < 1.29 is 18.7 Å². The zero-order valence-electron chi connectivity index (χ0n) is 17.1. The number of hydrogen-bond donors (Lipinski definition) is 1. The number of nitrogens with zero attached hydrogens (tertiary/aromatic N) is 1. The van der Waals surface area contributed by atoms with Crippen LogP contribution in [0.3, 0.4) is 0 Å². The van der Waals surface area contributed by atoms with E-state index >= 15 is 0 Å². The quantitative estimate of drug-likeness (QED) is 0.780. The third kappa shape index (κ3) is 4.99. The number of carbonyl (C=O) groups is 2. The fraction of sp³-hybridized carbons (Fsp3) is 0.417. The molecule has 2 aliphatic rings. The Labute approximate surface area is 176 Å². The predicted molar refractivity (Wildman–Crippen MR) is 112 cm³/mol. The minimum atomic E-state index is -0.301. The summed E-state index contributed by atoms with van der Waals surface area (Å²) in [4.78, 5) is 26.8. The van der Waals surface area contributed by atoms with Crippen molar-refractivity contribution in [3.05, 3.63) is 65.5 Å². The van der Waals surface area contributed by atoms with Gasteiger partial charge in [-0.2, -0.15) is 0 Å². The summed E-state index contributed by atoms with van der Waals surface area (Å²) in [5, 5.41) is 2.94. The molecule has 0 unspecified atom stereocenters. The highest BCUT2D eigenvalue weighted by Gasteiger charge is 2.35. The summed E-state index contributed by atoms with van der Waals surface area (Å²) in [6.07, 6.45) is 3.71. The minimum Gasteiger partial charge on any atom is -0.490 e. The lowest BCUT2D eigenvalue weighted by Gasteiger charge is -2.32. The van der Waals surface area contributed by atoms with Crippen molar-refractivity contribution in [1.82, 2.24) is 10.2 Å². The fourth-order valence-electron chi connectivity index (χ4n) is 3.80. The van der Waals surface area contributed by atoms with Gasteiger partial charge in [-0.25, -0.2) is 4.39 Å². The maximum atomic E-state index is 13.1. The van der Waals surface area contributed by atoms with Crippen LogP contribution >= 0.6 is 0 Å². The molecule has 2 aromatic rings. The topological polar surface area (TPSA) is 58.6 Å². The first-order valence-corrected chi connectivity index (χ1v) is 10.6. The summed E-state index contributed by atoms with van der Waals surface area (Å²) in [5.74, 6) is 0.702. The highest BCUT2D eigenvalue weighted by Crippen LogP contribution is 2.32. The molecule has 5 nitrogen and oxygen atoms in total. The van der Waals surface area contributed by atoms with Crippen LogP contribution in [0.5, 0.6) is 5.75 Å². The van der Waals surface area contributed by atoms with E-state index in [0.717, 1.165) is 44.3 Å².